The van der Waals surface area contributed by atoms with Crippen LogP contribution in [0, 0.1) is 0 Å². The van der Waals surface area contributed by atoms with Gasteiger partial charge in [0, 0.05) is 11.8 Å². The van der Waals surface area contributed by atoms with Crippen LogP contribution in [-0.2, 0) is 11.3 Å². The largest absolute Gasteiger partial charge is 0.754 e. The Balaban J connectivity index is 2.85. The fourth-order valence-electron chi connectivity index (χ4n) is 0.631. The zero-order valence-corrected chi connectivity index (χ0v) is 7.01. The predicted molar refractivity (Wildman–Crippen MR) is 43.7 cm³/mol. The first-order valence-corrected chi connectivity index (χ1v) is 4.19. The summed E-state index contributed by atoms with van der Waals surface area (Å²) in [7, 11) is 0. The van der Waals surface area contributed by atoms with E-state index in [4.69, 9.17) is 11.8 Å². The Labute approximate surface area is 72.1 Å². The summed E-state index contributed by atoms with van der Waals surface area (Å²) in [5.74, 6) is 0. The molecule has 1 atom stereocenters. The van der Waals surface area contributed by atoms with Gasteiger partial charge in [-0.2, -0.15) is 0 Å². The van der Waals surface area contributed by atoms with E-state index in [1.807, 2.05) is 0 Å². The third kappa shape index (κ3) is 2.18. The summed E-state index contributed by atoms with van der Waals surface area (Å²) in [6, 6.07) is 8.39. The zero-order chi connectivity index (χ0) is 8.27. The van der Waals surface area contributed by atoms with Crippen molar-refractivity contribution in [2.24, 2.45) is 0 Å². The van der Waals surface area contributed by atoms with Gasteiger partial charge in [-0.15, -0.1) is 0 Å². The topological polar surface area (TPSA) is 43.4 Å². The van der Waals surface area contributed by atoms with Crippen LogP contribution in [-0.4, -0.2) is 8.76 Å². The zero-order valence-electron chi connectivity index (χ0n) is 5.44. The van der Waals surface area contributed by atoms with Crippen LogP contribution in [0.4, 0.5) is 5.69 Å². The van der Waals surface area contributed by atoms with Gasteiger partial charge in [0.2, 0.25) is 0 Å². The molecule has 1 aromatic carbocycles. The van der Waals surface area contributed by atoms with Crippen LogP contribution in [0.5, 0.6) is 0 Å². The fraction of sp³-hybridized carbons (Fsp3) is 0. The molecule has 3 nitrogen and oxygen atoms in total. The van der Waals surface area contributed by atoms with E-state index in [1.165, 1.54) is 0 Å². The molecule has 0 aliphatic heterocycles. The maximum Gasteiger partial charge on any atom is 0.0665 e. The van der Waals surface area contributed by atoms with Crippen molar-refractivity contribution >= 4 is 28.7 Å². The first-order chi connectivity index (χ1) is 5.22. The van der Waals surface area contributed by atoms with Gasteiger partial charge in [0.05, 0.1) is 17.0 Å². The Bertz CT molecular complexity index is 254. The van der Waals surface area contributed by atoms with Gasteiger partial charge in [-0.3, -0.25) is 4.21 Å². The van der Waals surface area contributed by atoms with E-state index in [9.17, 15) is 8.76 Å². The maximum atomic E-state index is 10.3. The molecule has 0 heterocycles. The highest BCUT2D eigenvalue weighted by molar-refractivity contribution is 7.82. The van der Waals surface area contributed by atoms with Crippen LogP contribution >= 0.6 is 11.8 Å². The lowest BCUT2D eigenvalue weighted by molar-refractivity contribution is 0.539. The van der Waals surface area contributed by atoms with Gasteiger partial charge in [-0.25, -0.2) is 3.82 Å². The molecule has 0 amide bonds. The molecule has 0 N–H and O–H groups in total. The molecule has 0 radical (unpaired) electrons. The van der Waals surface area contributed by atoms with Crippen molar-refractivity contribution in [2.45, 2.75) is 0 Å². The highest BCUT2D eigenvalue weighted by Crippen LogP contribution is 2.16. The van der Waals surface area contributed by atoms with E-state index in [0.29, 0.717) is 9.51 Å². The molecule has 0 aliphatic rings. The maximum absolute atomic E-state index is 10.3. The molecule has 11 heavy (non-hydrogen) atoms. The Kier molecular flexibility index (Phi) is 2.87. The van der Waals surface area contributed by atoms with Crippen LogP contribution in [0.25, 0.3) is 0 Å². The van der Waals surface area contributed by atoms with Gasteiger partial charge in [-0.1, -0.05) is 18.2 Å². The quantitative estimate of drug-likeness (QED) is 0.523. The Morgan fingerprint density at radius 2 is 1.91 bits per heavy atom. The van der Waals surface area contributed by atoms with E-state index >= 15 is 0 Å². The molecular formula is C6H5ClNO2S-. The second-order valence-corrected chi connectivity index (χ2v) is 3.14. The Hall–Kier alpha value is -0.580. The number of anilines is 1. The van der Waals surface area contributed by atoms with Gasteiger partial charge < -0.3 is 4.55 Å². The monoisotopic (exact) mass is 190 g/mol. The molecule has 0 aromatic heterocycles. The second-order valence-electron chi connectivity index (χ2n) is 1.80. The van der Waals surface area contributed by atoms with E-state index in [1.54, 1.807) is 30.3 Å². The van der Waals surface area contributed by atoms with E-state index in [-0.39, 0.29) is 0 Å². The summed E-state index contributed by atoms with van der Waals surface area (Å²) in [5, 5.41) is 0. The van der Waals surface area contributed by atoms with Crippen LogP contribution in [0.3, 0.4) is 0 Å². The van der Waals surface area contributed by atoms with Crippen molar-refractivity contribution in [2.75, 3.05) is 3.82 Å². The standard InChI is InChI=1S/C6H6ClNO2S/c7-8(11(9)10)6-4-2-1-3-5-6/h1-5H,(H,9,10)/p-1. The molecule has 1 unspecified atom stereocenters. The lowest BCUT2D eigenvalue weighted by Gasteiger charge is -2.16. The third-order valence-electron chi connectivity index (χ3n) is 1.09. The highest BCUT2D eigenvalue weighted by Gasteiger charge is 1.99. The van der Waals surface area contributed by atoms with Crippen molar-refractivity contribution in [1.29, 1.82) is 0 Å². The summed E-state index contributed by atoms with van der Waals surface area (Å²) in [5.41, 5.74) is 0.433. The van der Waals surface area contributed by atoms with Crippen molar-refractivity contribution in [3.8, 4) is 0 Å². The van der Waals surface area contributed by atoms with Crippen molar-refractivity contribution in [3.05, 3.63) is 30.3 Å². The van der Waals surface area contributed by atoms with Crippen molar-refractivity contribution < 1.29 is 8.76 Å². The molecule has 0 aliphatic carbocycles. The SMILES string of the molecule is O=S([O-])N(Cl)c1ccccc1. The predicted octanol–water partition coefficient (Wildman–Crippen LogP) is 1.44. The molecule has 0 saturated carbocycles. The average molecular weight is 191 g/mol. The summed E-state index contributed by atoms with van der Waals surface area (Å²) >= 11 is 2.95. The average Bonchev–Trinajstić information content (AvgIpc) is 2.05. The Morgan fingerprint density at radius 1 is 1.36 bits per heavy atom. The first-order valence-electron chi connectivity index (χ1n) is 2.82. The molecule has 0 saturated heterocycles. The van der Waals surface area contributed by atoms with Crippen LogP contribution in [0.2, 0.25) is 0 Å². The molecule has 5 heteroatoms. The number of halogens is 1. The molecule has 60 valence electrons. The lowest BCUT2D eigenvalue weighted by Crippen LogP contribution is -2.12. The molecule has 1 rings (SSSR count). The van der Waals surface area contributed by atoms with E-state index in [0.717, 1.165) is 0 Å². The number of rotatable bonds is 2. The van der Waals surface area contributed by atoms with E-state index < -0.39 is 11.3 Å². The number of hydrogen-bond acceptors (Lipinski definition) is 2. The molecule has 0 fully saturated rings. The summed E-state index contributed by atoms with van der Waals surface area (Å²) in [4.78, 5) is 0. The van der Waals surface area contributed by atoms with Gasteiger partial charge in [0.25, 0.3) is 0 Å². The van der Waals surface area contributed by atoms with E-state index in [2.05, 4.69) is 0 Å². The lowest BCUT2D eigenvalue weighted by atomic mass is 10.3. The minimum Gasteiger partial charge on any atom is -0.754 e. The van der Waals surface area contributed by atoms with Gasteiger partial charge in [-0.05, 0) is 12.1 Å². The smallest absolute Gasteiger partial charge is 0.0665 e. The third-order valence-corrected chi connectivity index (χ3v) is 2.10. The molecule has 1 aromatic rings. The summed E-state index contributed by atoms with van der Waals surface area (Å²) < 4.78 is 21.2. The van der Waals surface area contributed by atoms with Gasteiger partial charge in [0.15, 0.2) is 0 Å². The molecular weight excluding hydrogens is 186 g/mol. The normalized spacial score (nSPS) is 12.5. The summed E-state index contributed by atoms with van der Waals surface area (Å²) in [6.07, 6.45) is 0. The molecule has 0 spiro atoms. The van der Waals surface area contributed by atoms with Crippen LogP contribution in [0.1, 0.15) is 0 Å². The minimum atomic E-state index is -2.41. The van der Waals surface area contributed by atoms with Crippen molar-refractivity contribution in [3.63, 3.8) is 0 Å². The van der Waals surface area contributed by atoms with Crippen LogP contribution in [0.15, 0.2) is 30.3 Å². The number of benzene rings is 1. The van der Waals surface area contributed by atoms with Gasteiger partial charge >= 0.3 is 0 Å². The fourth-order valence-corrected chi connectivity index (χ4v) is 1.04. The van der Waals surface area contributed by atoms with Gasteiger partial charge in [0.1, 0.15) is 0 Å². The number of para-hydroxylation sites is 1. The Morgan fingerprint density at radius 3 is 2.36 bits per heavy atom. The first kappa shape index (κ1) is 8.52. The molecule has 0 bridgehead atoms. The van der Waals surface area contributed by atoms with Crippen LogP contribution < -0.4 is 3.82 Å². The number of hydrogen-bond donors (Lipinski definition) is 0. The second kappa shape index (κ2) is 3.71. The van der Waals surface area contributed by atoms with Crippen molar-refractivity contribution in [1.82, 2.24) is 0 Å². The number of nitrogens with zero attached hydrogens (tertiary/aromatic N) is 1. The summed E-state index contributed by atoms with van der Waals surface area (Å²) in [6.45, 7) is 0. The highest BCUT2D eigenvalue weighted by atomic mass is 35.5. The minimum absolute atomic E-state index is 0.433.